The predicted octanol–water partition coefficient (Wildman–Crippen LogP) is 4.36. The van der Waals surface area contributed by atoms with Crippen molar-refractivity contribution in [1.82, 2.24) is 0 Å². The molecule has 0 spiro atoms. The van der Waals surface area contributed by atoms with Gasteiger partial charge in [-0.25, -0.2) is 0 Å². The van der Waals surface area contributed by atoms with Crippen molar-refractivity contribution >= 4 is 11.6 Å². The zero-order chi connectivity index (χ0) is 14.6. The van der Waals surface area contributed by atoms with Crippen LogP contribution in [0.5, 0.6) is 0 Å². The van der Waals surface area contributed by atoms with Gasteiger partial charge in [0.25, 0.3) is 0 Å². The molecule has 0 saturated heterocycles. The average molecular weight is 252 g/mol. The minimum Gasteiger partial charge on any atom is -0.295 e. The van der Waals surface area contributed by atoms with Crippen LogP contribution in [0.4, 0.5) is 0 Å². The molecule has 0 aromatic heterocycles. The topological polar surface area (TPSA) is 34.1 Å². The van der Waals surface area contributed by atoms with Gasteiger partial charge in [0.1, 0.15) is 0 Å². The first kappa shape index (κ1) is 19.2. The molecular formula is C16H28O2. The molecule has 0 amide bonds. The second-order valence-electron chi connectivity index (χ2n) is 4.42. The molecule has 2 atom stereocenters. The Bertz CT molecular complexity index is 257. The number of rotatable bonds is 6. The van der Waals surface area contributed by atoms with Crippen LogP contribution in [0.15, 0.2) is 24.3 Å². The van der Waals surface area contributed by atoms with Crippen molar-refractivity contribution in [1.29, 1.82) is 0 Å². The highest BCUT2D eigenvalue weighted by Gasteiger charge is 2.05. The summed E-state index contributed by atoms with van der Waals surface area (Å²) in [5, 5.41) is 0. The molecule has 2 heteroatoms. The highest BCUT2D eigenvalue weighted by atomic mass is 16.1. The van der Waals surface area contributed by atoms with E-state index >= 15 is 0 Å². The SMILES string of the molecule is C/C=C/C(=O)[C@@H](C)CC.C/C=C/C(=O)[C@H](C)CC. The van der Waals surface area contributed by atoms with Crippen LogP contribution in [0.3, 0.4) is 0 Å². The highest BCUT2D eigenvalue weighted by Crippen LogP contribution is 2.02. The van der Waals surface area contributed by atoms with E-state index in [0.29, 0.717) is 0 Å². The van der Waals surface area contributed by atoms with Gasteiger partial charge < -0.3 is 0 Å². The maximum Gasteiger partial charge on any atom is 0.158 e. The summed E-state index contributed by atoms with van der Waals surface area (Å²) < 4.78 is 0. The third kappa shape index (κ3) is 10.0. The first-order chi connectivity index (χ1) is 8.44. The van der Waals surface area contributed by atoms with E-state index in [9.17, 15) is 9.59 Å². The molecule has 0 N–H and O–H groups in total. The van der Waals surface area contributed by atoms with Crippen molar-refractivity contribution in [3.8, 4) is 0 Å². The normalized spacial score (nSPS) is 14.1. The Labute approximate surface area is 112 Å². The van der Waals surface area contributed by atoms with E-state index < -0.39 is 0 Å². The monoisotopic (exact) mass is 252 g/mol. The van der Waals surface area contributed by atoms with E-state index in [1.54, 1.807) is 24.3 Å². The van der Waals surface area contributed by atoms with Crippen LogP contribution >= 0.6 is 0 Å². The number of hydrogen-bond donors (Lipinski definition) is 0. The minimum atomic E-state index is 0.196. The lowest BCUT2D eigenvalue weighted by Gasteiger charge is -2.00. The number of ketones is 2. The molecule has 104 valence electrons. The smallest absolute Gasteiger partial charge is 0.158 e. The zero-order valence-corrected chi connectivity index (χ0v) is 12.7. The van der Waals surface area contributed by atoms with Crippen molar-refractivity contribution in [3.05, 3.63) is 24.3 Å². The number of carbonyl (C=O) groups excluding carboxylic acids is 2. The lowest BCUT2D eigenvalue weighted by molar-refractivity contribution is -0.118. The fourth-order valence-corrected chi connectivity index (χ4v) is 1.06. The molecule has 0 bridgehead atoms. The Morgan fingerprint density at radius 2 is 1.11 bits per heavy atom. The van der Waals surface area contributed by atoms with Gasteiger partial charge in [-0.2, -0.15) is 0 Å². The largest absolute Gasteiger partial charge is 0.295 e. The van der Waals surface area contributed by atoms with Gasteiger partial charge in [0.05, 0.1) is 0 Å². The molecule has 0 heterocycles. The Hall–Kier alpha value is -1.18. The summed E-state index contributed by atoms with van der Waals surface area (Å²) in [6.07, 6.45) is 8.71. The Morgan fingerprint density at radius 1 is 0.833 bits per heavy atom. The molecule has 0 aliphatic heterocycles. The first-order valence-corrected chi connectivity index (χ1v) is 6.77. The quantitative estimate of drug-likeness (QED) is 0.658. The second-order valence-corrected chi connectivity index (χ2v) is 4.42. The average Bonchev–Trinajstić information content (AvgIpc) is 2.38. The van der Waals surface area contributed by atoms with Crippen LogP contribution in [0.25, 0.3) is 0 Å². The molecule has 0 aromatic carbocycles. The van der Waals surface area contributed by atoms with E-state index in [-0.39, 0.29) is 23.4 Å². The third-order valence-electron chi connectivity index (χ3n) is 2.86. The van der Waals surface area contributed by atoms with Crippen LogP contribution in [0.2, 0.25) is 0 Å². The molecule has 0 saturated carbocycles. The van der Waals surface area contributed by atoms with Crippen molar-refractivity contribution < 1.29 is 9.59 Å². The number of allylic oxidation sites excluding steroid dienone is 4. The molecule has 18 heavy (non-hydrogen) atoms. The van der Waals surface area contributed by atoms with Gasteiger partial charge >= 0.3 is 0 Å². The van der Waals surface area contributed by atoms with Crippen LogP contribution in [-0.4, -0.2) is 11.6 Å². The van der Waals surface area contributed by atoms with Gasteiger partial charge in [-0.3, -0.25) is 9.59 Å². The van der Waals surface area contributed by atoms with Crippen molar-refractivity contribution in [2.24, 2.45) is 11.8 Å². The van der Waals surface area contributed by atoms with E-state index in [1.165, 1.54) is 0 Å². The molecule has 0 fully saturated rings. The predicted molar refractivity (Wildman–Crippen MR) is 78.6 cm³/mol. The van der Waals surface area contributed by atoms with Gasteiger partial charge in [0.2, 0.25) is 0 Å². The Balaban J connectivity index is 0. The Morgan fingerprint density at radius 3 is 1.28 bits per heavy atom. The van der Waals surface area contributed by atoms with Crippen LogP contribution in [-0.2, 0) is 9.59 Å². The molecule has 0 aromatic rings. The van der Waals surface area contributed by atoms with Gasteiger partial charge in [0, 0.05) is 11.8 Å². The van der Waals surface area contributed by atoms with Gasteiger partial charge in [0.15, 0.2) is 11.6 Å². The van der Waals surface area contributed by atoms with Crippen molar-refractivity contribution in [3.63, 3.8) is 0 Å². The van der Waals surface area contributed by atoms with Gasteiger partial charge in [-0.05, 0) is 38.8 Å². The molecule has 0 rings (SSSR count). The summed E-state index contributed by atoms with van der Waals surface area (Å²) in [7, 11) is 0. The molecule has 0 aliphatic carbocycles. The fourth-order valence-electron chi connectivity index (χ4n) is 1.06. The lowest BCUT2D eigenvalue weighted by atomic mass is 10.0. The summed E-state index contributed by atoms with van der Waals surface area (Å²) in [5.41, 5.74) is 0. The standard InChI is InChI=1S/2C8H14O/c2*1-4-6-8(9)7(3)5-2/h2*4,6-7H,5H2,1-3H3/b2*6-4+/t2*7-/m10/s1. The van der Waals surface area contributed by atoms with Gasteiger partial charge in [-0.1, -0.05) is 39.8 Å². The van der Waals surface area contributed by atoms with E-state index in [1.807, 2.05) is 41.5 Å². The molecular weight excluding hydrogens is 224 g/mol. The fraction of sp³-hybridized carbons (Fsp3) is 0.625. The highest BCUT2D eigenvalue weighted by molar-refractivity contribution is 5.91. The number of carbonyl (C=O) groups is 2. The lowest BCUT2D eigenvalue weighted by Crippen LogP contribution is -2.05. The summed E-state index contributed by atoms with van der Waals surface area (Å²) in [6, 6.07) is 0. The van der Waals surface area contributed by atoms with E-state index in [2.05, 4.69) is 0 Å². The Kier molecular flexibility index (Phi) is 13.1. The van der Waals surface area contributed by atoms with Crippen molar-refractivity contribution in [2.75, 3.05) is 0 Å². The molecule has 2 nitrogen and oxygen atoms in total. The van der Waals surface area contributed by atoms with Crippen LogP contribution in [0, 0.1) is 11.8 Å². The molecule has 0 unspecified atom stereocenters. The molecule has 0 radical (unpaired) electrons. The number of hydrogen-bond acceptors (Lipinski definition) is 2. The van der Waals surface area contributed by atoms with Crippen molar-refractivity contribution in [2.45, 2.75) is 54.4 Å². The summed E-state index contributed by atoms with van der Waals surface area (Å²) in [5.74, 6) is 0.863. The molecule has 0 aliphatic rings. The maximum absolute atomic E-state index is 10.9. The van der Waals surface area contributed by atoms with E-state index in [4.69, 9.17) is 0 Å². The summed E-state index contributed by atoms with van der Waals surface area (Å²) >= 11 is 0. The maximum atomic E-state index is 10.9. The first-order valence-electron chi connectivity index (χ1n) is 6.77. The van der Waals surface area contributed by atoms with E-state index in [0.717, 1.165) is 12.8 Å². The second kappa shape index (κ2) is 12.3. The van der Waals surface area contributed by atoms with Crippen LogP contribution < -0.4 is 0 Å². The van der Waals surface area contributed by atoms with Crippen LogP contribution in [0.1, 0.15) is 54.4 Å². The summed E-state index contributed by atoms with van der Waals surface area (Å²) in [6.45, 7) is 11.7. The minimum absolute atomic E-state index is 0.196. The third-order valence-corrected chi connectivity index (χ3v) is 2.86. The van der Waals surface area contributed by atoms with Gasteiger partial charge in [-0.15, -0.1) is 0 Å². The zero-order valence-electron chi connectivity index (χ0n) is 12.7. The summed E-state index contributed by atoms with van der Waals surface area (Å²) in [4.78, 5) is 21.8.